The molecule has 0 radical (unpaired) electrons. The average Bonchev–Trinajstić information content (AvgIpc) is 2.90. The van der Waals surface area contributed by atoms with Crippen LogP contribution in [0, 0.1) is 5.92 Å². The minimum atomic E-state index is -3.18. The Hall–Kier alpha value is -1.44. The van der Waals surface area contributed by atoms with Gasteiger partial charge in [-0.05, 0) is 12.0 Å². The summed E-state index contributed by atoms with van der Waals surface area (Å²) >= 11 is 0. The van der Waals surface area contributed by atoms with Gasteiger partial charge in [0.25, 0.3) is 0 Å². The molecule has 126 valence electrons. The molecular formula is C16H21NO5S. The highest BCUT2D eigenvalue weighted by atomic mass is 32.2. The van der Waals surface area contributed by atoms with Crippen LogP contribution in [0.3, 0.4) is 0 Å². The van der Waals surface area contributed by atoms with Crippen LogP contribution in [0.25, 0.3) is 0 Å². The second kappa shape index (κ2) is 6.22. The van der Waals surface area contributed by atoms with Gasteiger partial charge in [0.2, 0.25) is 0 Å². The van der Waals surface area contributed by atoms with Crippen LogP contribution in [0.4, 0.5) is 0 Å². The molecule has 23 heavy (non-hydrogen) atoms. The molecule has 2 heterocycles. The summed E-state index contributed by atoms with van der Waals surface area (Å²) in [4.78, 5) is 14.3. The van der Waals surface area contributed by atoms with Gasteiger partial charge in [-0.25, -0.2) is 13.2 Å². The van der Waals surface area contributed by atoms with E-state index in [4.69, 9.17) is 4.74 Å². The molecule has 2 aliphatic rings. The molecule has 1 aromatic rings. The van der Waals surface area contributed by atoms with Gasteiger partial charge in [-0.3, -0.25) is 4.90 Å². The Morgan fingerprint density at radius 3 is 2.39 bits per heavy atom. The first kappa shape index (κ1) is 16.4. The fraction of sp³-hybridized carbons (Fsp3) is 0.562. The smallest absolute Gasteiger partial charge is 0.329 e. The molecule has 0 unspecified atom stereocenters. The van der Waals surface area contributed by atoms with E-state index in [0.29, 0.717) is 38.3 Å². The third kappa shape index (κ3) is 2.88. The number of hydrogen-bond acceptors (Lipinski definition) is 5. The second-order valence-electron chi connectivity index (χ2n) is 6.14. The normalized spacial score (nSPS) is 27.4. The molecular weight excluding hydrogens is 318 g/mol. The van der Waals surface area contributed by atoms with Gasteiger partial charge >= 0.3 is 5.97 Å². The first-order chi connectivity index (χ1) is 11.0. The lowest BCUT2D eigenvalue weighted by Gasteiger charge is -2.46. The lowest BCUT2D eigenvalue weighted by Crippen LogP contribution is -2.60. The number of carboxylic acid groups (broad SMARTS) is 1. The monoisotopic (exact) mass is 339 g/mol. The van der Waals surface area contributed by atoms with E-state index in [9.17, 15) is 18.3 Å². The minimum Gasteiger partial charge on any atom is -0.480 e. The van der Waals surface area contributed by atoms with Crippen molar-refractivity contribution in [2.24, 2.45) is 5.92 Å². The number of hydrogen-bond donors (Lipinski definition) is 1. The molecule has 0 aliphatic carbocycles. The summed E-state index contributed by atoms with van der Waals surface area (Å²) in [5.41, 5.74) is -0.661. The molecule has 0 bridgehead atoms. The van der Waals surface area contributed by atoms with Crippen molar-refractivity contribution in [3.8, 4) is 0 Å². The van der Waals surface area contributed by atoms with Gasteiger partial charge in [0, 0.05) is 19.0 Å². The maximum absolute atomic E-state index is 12.4. The predicted molar refractivity (Wildman–Crippen MR) is 84.9 cm³/mol. The number of carboxylic acids is 1. The van der Waals surface area contributed by atoms with Crippen LogP contribution >= 0.6 is 0 Å². The zero-order chi connectivity index (χ0) is 16.5. The van der Waals surface area contributed by atoms with E-state index < -0.39 is 27.3 Å². The summed E-state index contributed by atoms with van der Waals surface area (Å²) < 4.78 is 29.3. The quantitative estimate of drug-likeness (QED) is 0.871. The van der Waals surface area contributed by atoms with Gasteiger partial charge < -0.3 is 9.84 Å². The Morgan fingerprint density at radius 1 is 1.22 bits per heavy atom. The van der Waals surface area contributed by atoms with Crippen molar-refractivity contribution >= 4 is 15.8 Å². The summed E-state index contributed by atoms with van der Waals surface area (Å²) in [6, 6.07) is 9.01. The summed E-state index contributed by atoms with van der Waals surface area (Å²) in [7, 11) is -3.18. The van der Waals surface area contributed by atoms with Crippen LogP contribution in [0.2, 0.25) is 0 Å². The average molecular weight is 339 g/mol. The van der Waals surface area contributed by atoms with Crippen LogP contribution in [0.1, 0.15) is 12.0 Å². The van der Waals surface area contributed by atoms with E-state index in [2.05, 4.69) is 0 Å². The van der Waals surface area contributed by atoms with Crippen molar-refractivity contribution in [1.29, 1.82) is 0 Å². The van der Waals surface area contributed by atoms with Crippen LogP contribution in [-0.2, 0) is 24.9 Å². The Bertz CT molecular complexity index is 669. The molecule has 2 fully saturated rings. The molecule has 2 aliphatic heterocycles. The first-order valence-corrected chi connectivity index (χ1v) is 9.61. The van der Waals surface area contributed by atoms with Crippen LogP contribution in [0.15, 0.2) is 30.3 Å². The lowest BCUT2D eigenvalue weighted by molar-refractivity contribution is -0.161. The molecule has 0 amide bonds. The molecule has 0 saturated carbocycles. The Morgan fingerprint density at radius 2 is 1.87 bits per heavy atom. The molecule has 0 aromatic heterocycles. The third-order valence-electron chi connectivity index (χ3n) is 4.87. The molecule has 6 nitrogen and oxygen atoms in total. The molecule has 1 N–H and O–H groups in total. The molecule has 0 spiro atoms. The summed E-state index contributed by atoms with van der Waals surface area (Å²) in [5, 5.41) is 10.2. The zero-order valence-electron chi connectivity index (χ0n) is 12.8. The first-order valence-electron chi connectivity index (χ1n) is 7.79. The van der Waals surface area contributed by atoms with Gasteiger partial charge in [0.05, 0.1) is 24.7 Å². The van der Waals surface area contributed by atoms with Crippen molar-refractivity contribution < 1.29 is 23.1 Å². The molecule has 1 aromatic carbocycles. The summed E-state index contributed by atoms with van der Waals surface area (Å²) in [6.45, 7) is 1.89. The standard InChI is InChI=1S/C16H21NO5S/c18-15(19)16(13-4-2-1-3-5-13,17-7-9-22-10-8-17)14-6-11-23(20,21)12-14/h1-5,14H,6-12H2,(H,18,19)/t14-,16+/m1/s1. The maximum Gasteiger partial charge on any atom is 0.329 e. The van der Waals surface area contributed by atoms with E-state index >= 15 is 0 Å². The SMILES string of the molecule is O=C(O)[C@](c1ccccc1)([C@@H]1CCS(=O)(=O)C1)N1CCOCC1. The largest absolute Gasteiger partial charge is 0.480 e. The Labute approximate surface area is 136 Å². The predicted octanol–water partition coefficient (Wildman–Crippen LogP) is 0.733. The van der Waals surface area contributed by atoms with Gasteiger partial charge in [-0.15, -0.1) is 0 Å². The van der Waals surface area contributed by atoms with Gasteiger partial charge in [-0.1, -0.05) is 30.3 Å². The van der Waals surface area contributed by atoms with Crippen molar-refractivity contribution in [3.05, 3.63) is 35.9 Å². The van der Waals surface area contributed by atoms with E-state index in [1.807, 2.05) is 11.0 Å². The van der Waals surface area contributed by atoms with Crippen molar-refractivity contribution in [1.82, 2.24) is 4.90 Å². The fourth-order valence-electron chi connectivity index (χ4n) is 3.84. The second-order valence-corrected chi connectivity index (χ2v) is 8.37. The summed E-state index contributed by atoms with van der Waals surface area (Å²) in [5.74, 6) is -1.45. The van der Waals surface area contributed by atoms with Crippen LogP contribution < -0.4 is 0 Å². The number of carbonyl (C=O) groups is 1. The van der Waals surface area contributed by atoms with E-state index in [1.54, 1.807) is 24.3 Å². The van der Waals surface area contributed by atoms with E-state index in [1.165, 1.54) is 0 Å². The van der Waals surface area contributed by atoms with Crippen molar-refractivity contribution in [2.45, 2.75) is 12.0 Å². The van der Waals surface area contributed by atoms with Crippen molar-refractivity contribution in [3.63, 3.8) is 0 Å². The lowest BCUT2D eigenvalue weighted by atomic mass is 9.75. The number of morpholine rings is 1. The Kier molecular flexibility index (Phi) is 4.44. The van der Waals surface area contributed by atoms with E-state index in [0.717, 1.165) is 0 Å². The topological polar surface area (TPSA) is 83.9 Å². The molecule has 2 atom stereocenters. The van der Waals surface area contributed by atoms with Gasteiger partial charge in [0.1, 0.15) is 5.54 Å². The number of nitrogens with zero attached hydrogens (tertiary/aromatic N) is 1. The van der Waals surface area contributed by atoms with E-state index in [-0.39, 0.29) is 11.5 Å². The highest BCUT2D eigenvalue weighted by Crippen LogP contribution is 2.42. The summed E-state index contributed by atoms with van der Waals surface area (Å²) in [6.07, 6.45) is 0.376. The molecule has 7 heteroatoms. The van der Waals surface area contributed by atoms with Gasteiger partial charge in [-0.2, -0.15) is 0 Å². The van der Waals surface area contributed by atoms with Gasteiger partial charge in [0.15, 0.2) is 9.84 Å². The zero-order valence-corrected chi connectivity index (χ0v) is 13.7. The number of rotatable bonds is 4. The highest BCUT2D eigenvalue weighted by Gasteiger charge is 2.55. The fourth-order valence-corrected chi connectivity index (χ4v) is 5.67. The Balaban J connectivity index is 2.12. The maximum atomic E-state index is 12.4. The van der Waals surface area contributed by atoms with Crippen LogP contribution in [-0.4, -0.2) is 62.2 Å². The number of sulfone groups is 1. The van der Waals surface area contributed by atoms with Crippen molar-refractivity contribution in [2.75, 3.05) is 37.8 Å². The highest BCUT2D eigenvalue weighted by molar-refractivity contribution is 7.91. The van der Waals surface area contributed by atoms with Crippen LogP contribution in [0.5, 0.6) is 0 Å². The number of ether oxygens (including phenoxy) is 1. The molecule has 3 rings (SSSR count). The number of benzene rings is 1. The third-order valence-corrected chi connectivity index (χ3v) is 6.64. The molecule has 2 saturated heterocycles. The minimum absolute atomic E-state index is 0.0594. The number of aliphatic carboxylic acids is 1.